The fraction of sp³-hybridized carbons (Fsp3) is 0.643. The van der Waals surface area contributed by atoms with Crippen LogP contribution in [0.2, 0.25) is 0 Å². The number of hydrogen-bond donors (Lipinski definition) is 0. The third-order valence-corrected chi connectivity index (χ3v) is 4.00. The Morgan fingerprint density at radius 1 is 1.44 bits per heavy atom. The predicted octanol–water partition coefficient (Wildman–Crippen LogP) is 3.68. The Labute approximate surface area is 98.0 Å². The molecule has 0 radical (unpaired) electrons. The number of nitrogens with zero attached hydrogens (tertiary/aromatic N) is 1. The van der Waals surface area contributed by atoms with Gasteiger partial charge >= 0.3 is 0 Å². The van der Waals surface area contributed by atoms with Gasteiger partial charge in [0.05, 0.1) is 12.3 Å². The second-order valence-corrected chi connectivity index (χ2v) is 5.59. The third-order valence-electron chi connectivity index (χ3n) is 4.00. The van der Waals surface area contributed by atoms with Crippen LogP contribution in [0.3, 0.4) is 0 Å². The summed E-state index contributed by atoms with van der Waals surface area (Å²) in [5.41, 5.74) is 0.467. The Morgan fingerprint density at radius 3 is 2.88 bits per heavy atom. The lowest BCUT2D eigenvalue weighted by atomic mass is 9.69. The zero-order valence-corrected chi connectivity index (χ0v) is 10.4. The number of ether oxygens (including phenoxy) is 1. The maximum Gasteiger partial charge on any atom is 0.137 e. The molecule has 1 aliphatic rings. The van der Waals surface area contributed by atoms with Gasteiger partial charge in [-0.25, -0.2) is 0 Å². The van der Waals surface area contributed by atoms with E-state index in [9.17, 15) is 0 Å². The fourth-order valence-electron chi connectivity index (χ4n) is 2.33. The molecular weight excluding hydrogens is 198 g/mol. The van der Waals surface area contributed by atoms with Crippen molar-refractivity contribution in [2.24, 2.45) is 11.3 Å². The van der Waals surface area contributed by atoms with Crippen molar-refractivity contribution < 1.29 is 4.74 Å². The summed E-state index contributed by atoms with van der Waals surface area (Å²) in [5, 5.41) is 0. The largest absolute Gasteiger partial charge is 0.489 e. The lowest BCUT2D eigenvalue weighted by molar-refractivity contribution is 0.0514. The van der Waals surface area contributed by atoms with Crippen LogP contribution in [0.1, 0.15) is 40.0 Å². The monoisotopic (exact) mass is 219 g/mol. The lowest BCUT2D eigenvalue weighted by Gasteiger charge is -2.40. The highest BCUT2D eigenvalue weighted by Crippen LogP contribution is 2.41. The summed E-state index contributed by atoms with van der Waals surface area (Å²) in [4.78, 5) is 4.07. The van der Waals surface area contributed by atoms with Gasteiger partial charge in [-0.3, -0.25) is 4.98 Å². The molecule has 0 spiro atoms. The van der Waals surface area contributed by atoms with Gasteiger partial charge < -0.3 is 4.74 Å². The molecule has 2 atom stereocenters. The number of pyridine rings is 1. The van der Waals surface area contributed by atoms with E-state index in [1.54, 1.807) is 12.4 Å². The molecule has 2 heteroatoms. The molecule has 0 N–H and O–H groups in total. The fourth-order valence-corrected chi connectivity index (χ4v) is 2.33. The molecule has 16 heavy (non-hydrogen) atoms. The van der Waals surface area contributed by atoms with Crippen molar-refractivity contribution in [3.63, 3.8) is 0 Å². The highest BCUT2D eigenvalue weighted by atomic mass is 16.5. The first kappa shape index (κ1) is 11.4. The van der Waals surface area contributed by atoms with Crippen molar-refractivity contribution in [1.82, 2.24) is 4.98 Å². The minimum atomic E-state index is 0.368. The molecule has 1 aromatic heterocycles. The molecule has 1 saturated carbocycles. The van der Waals surface area contributed by atoms with Gasteiger partial charge in [0.15, 0.2) is 0 Å². The normalized spacial score (nSPS) is 28.7. The SMILES string of the molecule is C[C@H]1CC(Oc2cccnc2)CCC1(C)C. The smallest absolute Gasteiger partial charge is 0.137 e. The zero-order valence-electron chi connectivity index (χ0n) is 10.4. The van der Waals surface area contributed by atoms with Crippen molar-refractivity contribution in [2.75, 3.05) is 0 Å². The molecule has 0 saturated heterocycles. The minimum absolute atomic E-state index is 0.368. The van der Waals surface area contributed by atoms with Gasteiger partial charge in [0.2, 0.25) is 0 Å². The van der Waals surface area contributed by atoms with E-state index in [2.05, 4.69) is 25.8 Å². The first-order valence-corrected chi connectivity index (χ1v) is 6.14. The summed E-state index contributed by atoms with van der Waals surface area (Å²) in [6.45, 7) is 7.05. The second-order valence-electron chi connectivity index (χ2n) is 5.59. The van der Waals surface area contributed by atoms with Crippen LogP contribution < -0.4 is 4.74 Å². The number of hydrogen-bond acceptors (Lipinski definition) is 2. The van der Waals surface area contributed by atoms with Gasteiger partial charge in [0.1, 0.15) is 5.75 Å². The van der Waals surface area contributed by atoms with Crippen molar-refractivity contribution in [1.29, 1.82) is 0 Å². The minimum Gasteiger partial charge on any atom is -0.489 e. The summed E-state index contributed by atoms with van der Waals surface area (Å²) < 4.78 is 5.96. The molecule has 88 valence electrons. The zero-order chi connectivity index (χ0) is 11.6. The Kier molecular flexibility index (Phi) is 3.17. The van der Waals surface area contributed by atoms with Crippen LogP contribution in [0.4, 0.5) is 0 Å². The van der Waals surface area contributed by atoms with Gasteiger partial charge in [-0.05, 0) is 42.7 Å². The molecule has 2 rings (SSSR count). The van der Waals surface area contributed by atoms with Gasteiger partial charge in [-0.15, -0.1) is 0 Å². The molecular formula is C14H21NO. The Morgan fingerprint density at radius 2 is 2.25 bits per heavy atom. The van der Waals surface area contributed by atoms with Crippen LogP contribution in [0.15, 0.2) is 24.5 Å². The second kappa shape index (κ2) is 4.44. The van der Waals surface area contributed by atoms with Crippen LogP contribution in [0, 0.1) is 11.3 Å². The van der Waals surface area contributed by atoms with Crippen molar-refractivity contribution in [2.45, 2.75) is 46.1 Å². The van der Waals surface area contributed by atoms with Gasteiger partial charge in [0, 0.05) is 6.20 Å². The molecule has 1 fully saturated rings. The molecule has 0 bridgehead atoms. The van der Waals surface area contributed by atoms with E-state index in [0.717, 1.165) is 24.5 Å². The first-order chi connectivity index (χ1) is 7.58. The van der Waals surface area contributed by atoms with Gasteiger partial charge in [0.25, 0.3) is 0 Å². The van der Waals surface area contributed by atoms with Crippen molar-refractivity contribution in [3.05, 3.63) is 24.5 Å². The molecule has 0 aromatic carbocycles. The van der Waals surface area contributed by atoms with Crippen molar-refractivity contribution >= 4 is 0 Å². The Balaban J connectivity index is 1.94. The molecule has 1 unspecified atom stereocenters. The first-order valence-electron chi connectivity index (χ1n) is 6.14. The summed E-state index contributed by atoms with van der Waals surface area (Å²) in [6.07, 6.45) is 7.50. The van der Waals surface area contributed by atoms with Crippen LogP contribution in [-0.2, 0) is 0 Å². The van der Waals surface area contributed by atoms with Crippen molar-refractivity contribution in [3.8, 4) is 5.75 Å². The maximum absolute atomic E-state index is 5.96. The van der Waals surface area contributed by atoms with Crippen LogP contribution in [0.5, 0.6) is 5.75 Å². The van der Waals surface area contributed by atoms with Crippen LogP contribution in [0.25, 0.3) is 0 Å². The Bertz CT molecular complexity index is 334. The Hall–Kier alpha value is -1.05. The standard InChI is InChI=1S/C14H21NO/c1-11-9-12(6-7-14(11,2)3)16-13-5-4-8-15-10-13/h4-5,8,10-12H,6-7,9H2,1-3H3/t11-,12?/m0/s1. The van der Waals surface area contributed by atoms with Crippen LogP contribution >= 0.6 is 0 Å². The lowest BCUT2D eigenvalue weighted by Crippen LogP contribution is -2.35. The van der Waals surface area contributed by atoms with E-state index >= 15 is 0 Å². The molecule has 0 aliphatic heterocycles. The summed E-state index contributed by atoms with van der Waals surface area (Å²) >= 11 is 0. The van der Waals surface area contributed by atoms with E-state index in [1.807, 2.05) is 12.1 Å². The molecule has 1 aromatic rings. The highest BCUT2D eigenvalue weighted by molar-refractivity contribution is 5.16. The van der Waals surface area contributed by atoms with Crippen LogP contribution in [-0.4, -0.2) is 11.1 Å². The molecule has 1 heterocycles. The molecule has 2 nitrogen and oxygen atoms in total. The van der Waals surface area contributed by atoms with Gasteiger partial charge in [-0.2, -0.15) is 0 Å². The summed E-state index contributed by atoms with van der Waals surface area (Å²) in [7, 11) is 0. The third kappa shape index (κ3) is 2.55. The van der Waals surface area contributed by atoms with E-state index in [1.165, 1.54) is 6.42 Å². The van der Waals surface area contributed by atoms with E-state index in [4.69, 9.17) is 4.74 Å². The number of rotatable bonds is 2. The summed E-state index contributed by atoms with van der Waals surface area (Å²) in [6, 6.07) is 3.91. The number of aromatic nitrogens is 1. The average molecular weight is 219 g/mol. The van der Waals surface area contributed by atoms with Gasteiger partial charge in [-0.1, -0.05) is 20.8 Å². The van der Waals surface area contributed by atoms with E-state index in [-0.39, 0.29) is 0 Å². The average Bonchev–Trinajstić information content (AvgIpc) is 2.26. The van der Waals surface area contributed by atoms with E-state index in [0.29, 0.717) is 11.5 Å². The highest BCUT2D eigenvalue weighted by Gasteiger charge is 2.34. The molecule has 0 amide bonds. The predicted molar refractivity (Wildman–Crippen MR) is 65.4 cm³/mol. The summed E-state index contributed by atoms with van der Waals surface area (Å²) in [5.74, 6) is 1.63. The quantitative estimate of drug-likeness (QED) is 0.757. The maximum atomic E-state index is 5.96. The topological polar surface area (TPSA) is 22.1 Å². The molecule has 1 aliphatic carbocycles. The van der Waals surface area contributed by atoms with E-state index < -0.39 is 0 Å².